The number of pyridine rings is 2. The van der Waals surface area contributed by atoms with Crippen LogP contribution in [0.3, 0.4) is 0 Å². The molecule has 0 radical (unpaired) electrons. The molecule has 8 nitrogen and oxygen atoms in total. The topological polar surface area (TPSA) is 110 Å². The molecule has 1 fully saturated rings. The molecule has 1 saturated heterocycles. The van der Waals surface area contributed by atoms with Gasteiger partial charge in [0.1, 0.15) is 17.0 Å². The predicted octanol–water partition coefficient (Wildman–Crippen LogP) is 2.62. The summed E-state index contributed by atoms with van der Waals surface area (Å²) in [6.07, 6.45) is 3.45. The van der Waals surface area contributed by atoms with Crippen LogP contribution in [0.15, 0.2) is 54.9 Å². The number of ether oxygens (including phenoxy) is 1. The van der Waals surface area contributed by atoms with Crippen molar-refractivity contribution in [3.8, 4) is 22.5 Å². The number of nitrogens with zero attached hydrogens (tertiary/aromatic N) is 4. The van der Waals surface area contributed by atoms with Crippen molar-refractivity contribution in [2.24, 2.45) is 5.73 Å². The Morgan fingerprint density at radius 2 is 1.97 bits per heavy atom. The van der Waals surface area contributed by atoms with Gasteiger partial charge in [-0.15, -0.1) is 0 Å². The average molecular weight is 400 g/mol. The average Bonchev–Trinajstić information content (AvgIpc) is 3.33. The maximum atomic E-state index is 11.7. The Bertz CT molecular complexity index is 1220. The molecule has 4 aromatic rings. The number of fused-ring (bicyclic) bond motifs is 1. The second-order valence-electron chi connectivity index (χ2n) is 7.10. The van der Waals surface area contributed by atoms with Crippen LogP contribution in [0, 0.1) is 0 Å². The van der Waals surface area contributed by atoms with E-state index >= 15 is 0 Å². The van der Waals surface area contributed by atoms with E-state index in [1.54, 1.807) is 18.5 Å². The predicted molar refractivity (Wildman–Crippen MR) is 114 cm³/mol. The highest BCUT2D eigenvalue weighted by molar-refractivity contribution is 6.02. The molecule has 30 heavy (non-hydrogen) atoms. The van der Waals surface area contributed by atoms with E-state index in [4.69, 9.17) is 15.5 Å². The zero-order valence-corrected chi connectivity index (χ0v) is 16.2. The second kappa shape index (κ2) is 7.57. The lowest BCUT2D eigenvalue weighted by Crippen LogP contribution is -2.36. The Hall–Kier alpha value is -3.78. The number of morpholine rings is 1. The van der Waals surface area contributed by atoms with Crippen LogP contribution in [-0.2, 0) is 4.74 Å². The highest BCUT2D eigenvalue weighted by Gasteiger charge is 2.19. The van der Waals surface area contributed by atoms with E-state index in [0.29, 0.717) is 18.8 Å². The SMILES string of the molecule is NC(=O)c1cccc(-c2cc(N3CCOCC3)nc3c(-c4ccn[nH]4)nccc23)c1. The fourth-order valence-electron chi connectivity index (χ4n) is 3.76. The number of anilines is 1. The van der Waals surface area contributed by atoms with Crippen molar-refractivity contribution in [1.29, 1.82) is 0 Å². The van der Waals surface area contributed by atoms with E-state index in [2.05, 4.69) is 26.1 Å². The third kappa shape index (κ3) is 3.27. The number of primary amides is 1. The molecule has 150 valence electrons. The summed E-state index contributed by atoms with van der Waals surface area (Å²) in [5.74, 6) is 0.391. The molecular formula is C22H20N6O2. The molecule has 0 bridgehead atoms. The number of benzene rings is 1. The van der Waals surface area contributed by atoms with E-state index in [9.17, 15) is 4.79 Å². The zero-order valence-electron chi connectivity index (χ0n) is 16.2. The molecule has 5 rings (SSSR count). The maximum Gasteiger partial charge on any atom is 0.248 e. The summed E-state index contributed by atoms with van der Waals surface area (Å²) in [4.78, 5) is 23.5. The van der Waals surface area contributed by atoms with E-state index in [0.717, 1.165) is 52.3 Å². The molecule has 3 aromatic heterocycles. The summed E-state index contributed by atoms with van der Waals surface area (Å²) in [6, 6.07) is 13.2. The first-order chi connectivity index (χ1) is 14.7. The van der Waals surface area contributed by atoms with Gasteiger partial charge in [0.05, 0.1) is 18.9 Å². The maximum absolute atomic E-state index is 11.7. The first-order valence-corrected chi connectivity index (χ1v) is 9.73. The summed E-state index contributed by atoms with van der Waals surface area (Å²) in [7, 11) is 0. The fourth-order valence-corrected chi connectivity index (χ4v) is 3.76. The van der Waals surface area contributed by atoms with Gasteiger partial charge in [0, 0.05) is 36.4 Å². The molecule has 0 saturated carbocycles. The van der Waals surface area contributed by atoms with Crippen molar-refractivity contribution >= 4 is 22.6 Å². The minimum absolute atomic E-state index is 0.455. The monoisotopic (exact) mass is 400 g/mol. The quantitative estimate of drug-likeness (QED) is 0.545. The van der Waals surface area contributed by atoms with Gasteiger partial charge in [0.25, 0.3) is 0 Å². The van der Waals surface area contributed by atoms with Gasteiger partial charge < -0.3 is 15.4 Å². The number of carbonyl (C=O) groups is 1. The summed E-state index contributed by atoms with van der Waals surface area (Å²) >= 11 is 0. The van der Waals surface area contributed by atoms with Gasteiger partial charge in [-0.3, -0.25) is 14.9 Å². The largest absolute Gasteiger partial charge is 0.378 e. The van der Waals surface area contributed by atoms with Crippen LogP contribution in [0.25, 0.3) is 33.4 Å². The van der Waals surface area contributed by atoms with Crippen molar-refractivity contribution in [2.75, 3.05) is 31.2 Å². The lowest BCUT2D eigenvalue weighted by Gasteiger charge is -2.28. The minimum atomic E-state index is -0.455. The molecule has 3 N–H and O–H groups in total. The lowest BCUT2D eigenvalue weighted by atomic mass is 9.98. The van der Waals surface area contributed by atoms with Gasteiger partial charge in [-0.25, -0.2) is 4.98 Å². The fraction of sp³-hybridized carbons (Fsp3) is 0.182. The number of amides is 1. The van der Waals surface area contributed by atoms with Crippen LogP contribution < -0.4 is 10.6 Å². The number of carbonyl (C=O) groups excluding carboxylic acids is 1. The number of hydrogen-bond acceptors (Lipinski definition) is 6. The van der Waals surface area contributed by atoms with Crippen LogP contribution in [-0.4, -0.2) is 52.4 Å². The first kappa shape index (κ1) is 18.3. The number of nitrogens with two attached hydrogens (primary N) is 1. The van der Waals surface area contributed by atoms with E-state index in [1.165, 1.54) is 0 Å². The van der Waals surface area contributed by atoms with Crippen LogP contribution in [0.4, 0.5) is 5.82 Å². The molecule has 0 unspecified atom stereocenters. The molecule has 1 aromatic carbocycles. The smallest absolute Gasteiger partial charge is 0.248 e. The molecule has 0 atom stereocenters. The van der Waals surface area contributed by atoms with Crippen molar-refractivity contribution in [3.63, 3.8) is 0 Å². The Balaban J connectivity index is 1.77. The van der Waals surface area contributed by atoms with Gasteiger partial charge in [0.2, 0.25) is 5.91 Å². The van der Waals surface area contributed by atoms with Crippen molar-refractivity contribution in [3.05, 3.63) is 60.4 Å². The third-order valence-electron chi connectivity index (χ3n) is 5.26. The number of nitrogens with one attached hydrogen (secondary N) is 1. The molecule has 0 spiro atoms. The highest BCUT2D eigenvalue weighted by Crippen LogP contribution is 2.35. The van der Waals surface area contributed by atoms with Crippen LogP contribution in [0.1, 0.15) is 10.4 Å². The number of hydrogen-bond donors (Lipinski definition) is 2. The molecule has 4 heterocycles. The van der Waals surface area contributed by atoms with Crippen LogP contribution in [0.2, 0.25) is 0 Å². The number of aromatic nitrogens is 4. The summed E-state index contributed by atoms with van der Waals surface area (Å²) in [5.41, 5.74) is 10.1. The van der Waals surface area contributed by atoms with Crippen LogP contribution >= 0.6 is 0 Å². The lowest BCUT2D eigenvalue weighted by molar-refractivity contribution is 0.100. The Kier molecular flexibility index (Phi) is 4.61. The number of aromatic amines is 1. The standard InChI is InChI=1S/C22H20N6O2/c23-22(29)15-3-1-2-14(12-15)17-13-19(28-8-10-30-11-9-28)26-20-16(17)4-6-24-21(20)18-5-7-25-27-18/h1-7,12-13H,8-11H2,(H2,23,29)(H,25,27). The van der Waals surface area contributed by atoms with E-state index < -0.39 is 5.91 Å². The zero-order chi connectivity index (χ0) is 20.5. The molecule has 1 amide bonds. The summed E-state index contributed by atoms with van der Waals surface area (Å²) in [6.45, 7) is 2.84. The third-order valence-corrected chi connectivity index (χ3v) is 5.26. The van der Waals surface area contributed by atoms with E-state index in [1.807, 2.05) is 30.3 Å². The van der Waals surface area contributed by atoms with Gasteiger partial charge in [0.15, 0.2) is 0 Å². The van der Waals surface area contributed by atoms with Gasteiger partial charge >= 0.3 is 0 Å². The number of H-pyrrole nitrogens is 1. The molecule has 1 aliphatic heterocycles. The van der Waals surface area contributed by atoms with Gasteiger partial charge in [-0.1, -0.05) is 12.1 Å². The summed E-state index contributed by atoms with van der Waals surface area (Å²) < 4.78 is 5.50. The minimum Gasteiger partial charge on any atom is -0.378 e. The van der Waals surface area contributed by atoms with Gasteiger partial charge in [-0.2, -0.15) is 5.10 Å². The number of rotatable bonds is 4. The molecular weight excluding hydrogens is 380 g/mol. The normalized spacial score (nSPS) is 14.2. The molecule has 8 heteroatoms. The first-order valence-electron chi connectivity index (χ1n) is 9.73. The Morgan fingerprint density at radius 1 is 1.10 bits per heavy atom. The van der Waals surface area contributed by atoms with Gasteiger partial charge in [-0.05, 0) is 41.5 Å². The van der Waals surface area contributed by atoms with E-state index in [-0.39, 0.29) is 0 Å². The second-order valence-corrected chi connectivity index (χ2v) is 7.10. The summed E-state index contributed by atoms with van der Waals surface area (Å²) in [5, 5.41) is 7.98. The highest BCUT2D eigenvalue weighted by atomic mass is 16.5. The van der Waals surface area contributed by atoms with Crippen molar-refractivity contribution < 1.29 is 9.53 Å². The molecule has 1 aliphatic rings. The van der Waals surface area contributed by atoms with Crippen molar-refractivity contribution in [1.82, 2.24) is 20.2 Å². The van der Waals surface area contributed by atoms with Crippen molar-refractivity contribution in [2.45, 2.75) is 0 Å². The Morgan fingerprint density at radius 3 is 2.73 bits per heavy atom. The molecule has 0 aliphatic carbocycles. The van der Waals surface area contributed by atoms with Crippen LogP contribution in [0.5, 0.6) is 0 Å². The Labute approximate surface area is 172 Å².